The Kier molecular flexibility index (Phi) is 5.55. The minimum Gasteiger partial charge on any atom is -0.361 e. The third-order valence-corrected chi connectivity index (χ3v) is 5.19. The van der Waals surface area contributed by atoms with Gasteiger partial charge in [0.1, 0.15) is 11.3 Å². The van der Waals surface area contributed by atoms with Gasteiger partial charge in [0.2, 0.25) is 0 Å². The van der Waals surface area contributed by atoms with Crippen LogP contribution in [0.3, 0.4) is 0 Å². The molecule has 0 fully saturated rings. The summed E-state index contributed by atoms with van der Waals surface area (Å²) in [4.78, 5) is 31.0. The lowest BCUT2D eigenvalue weighted by atomic mass is 10.1. The number of benzene rings is 1. The summed E-state index contributed by atoms with van der Waals surface area (Å²) in [5, 5.41) is 3.14. The highest BCUT2D eigenvalue weighted by atomic mass is 19.1. The molecule has 1 N–H and O–H groups in total. The van der Waals surface area contributed by atoms with Crippen molar-refractivity contribution in [2.75, 3.05) is 5.32 Å². The molecule has 0 bridgehead atoms. The summed E-state index contributed by atoms with van der Waals surface area (Å²) in [6.45, 7) is 0.670. The topological polar surface area (TPSA) is 85.6 Å². The van der Waals surface area contributed by atoms with Gasteiger partial charge in [-0.25, -0.2) is 14.4 Å². The fourth-order valence-electron chi connectivity index (χ4n) is 3.50. The SMILES string of the molecule is O=c1c(NCc2ccncc2)nc2ccc(-c3ccc(F)cc3)nc2n1Cc1ccccn1. The zero-order chi connectivity index (χ0) is 22.6. The average molecular weight is 438 g/mol. The molecule has 162 valence electrons. The van der Waals surface area contributed by atoms with Crippen molar-refractivity contribution in [1.29, 1.82) is 0 Å². The Morgan fingerprint density at radius 2 is 1.70 bits per heavy atom. The van der Waals surface area contributed by atoms with Gasteiger partial charge in [-0.1, -0.05) is 6.07 Å². The maximum Gasteiger partial charge on any atom is 0.295 e. The number of fused-ring (bicyclic) bond motifs is 1. The van der Waals surface area contributed by atoms with E-state index in [0.29, 0.717) is 23.4 Å². The molecule has 8 heteroatoms. The van der Waals surface area contributed by atoms with Crippen molar-refractivity contribution < 1.29 is 4.39 Å². The van der Waals surface area contributed by atoms with Crippen molar-refractivity contribution in [3.05, 3.63) is 113 Å². The molecular weight excluding hydrogens is 419 g/mol. The Morgan fingerprint density at radius 3 is 2.45 bits per heavy atom. The number of hydrogen-bond acceptors (Lipinski definition) is 6. The summed E-state index contributed by atoms with van der Waals surface area (Å²) in [6.07, 6.45) is 5.08. The first-order valence-corrected chi connectivity index (χ1v) is 10.4. The van der Waals surface area contributed by atoms with Crippen LogP contribution in [0.25, 0.3) is 22.4 Å². The lowest BCUT2D eigenvalue weighted by Gasteiger charge is -2.13. The van der Waals surface area contributed by atoms with E-state index in [2.05, 4.69) is 20.3 Å². The molecule has 1 aromatic carbocycles. The highest BCUT2D eigenvalue weighted by Crippen LogP contribution is 2.21. The first kappa shape index (κ1) is 20.4. The number of pyridine rings is 3. The van der Waals surface area contributed by atoms with Gasteiger partial charge in [0.25, 0.3) is 5.56 Å². The van der Waals surface area contributed by atoms with Crippen LogP contribution < -0.4 is 10.9 Å². The maximum atomic E-state index is 13.4. The van der Waals surface area contributed by atoms with Gasteiger partial charge in [0.15, 0.2) is 11.5 Å². The Bertz CT molecular complexity index is 1450. The van der Waals surface area contributed by atoms with Crippen LogP contribution in [0.1, 0.15) is 11.3 Å². The third-order valence-electron chi connectivity index (χ3n) is 5.19. The van der Waals surface area contributed by atoms with Crippen LogP contribution in [-0.2, 0) is 13.1 Å². The summed E-state index contributed by atoms with van der Waals surface area (Å²) in [5.74, 6) is -0.0928. The predicted molar refractivity (Wildman–Crippen MR) is 124 cm³/mol. The number of halogens is 1. The van der Waals surface area contributed by atoms with Crippen LogP contribution in [0, 0.1) is 5.82 Å². The van der Waals surface area contributed by atoms with Gasteiger partial charge in [-0.3, -0.25) is 19.3 Å². The van der Waals surface area contributed by atoms with Gasteiger partial charge in [0.05, 0.1) is 17.9 Å². The second-order valence-electron chi connectivity index (χ2n) is 7.43. The molecule has 0 aliphatic heterocycles. The van der Waals surface area contributed by atoms with Gasteiger partial charge in [-0.2, -0.15) is 0 Å². The first-order valence-electron chi connectivity index (χ1n) is 10.4. The lowest BCUT2D eigenvalue weighted by Crippen LogP contribution is -2.27. The Balaban J connectivity index is 1.60. The summed E-state index contributed by atoms with van der Waals surface area (Å²) >= 11 is 0. The van der Waals surface area contributed by atoms with Crippen LogP contribution >= 0.6 is 0 Å². The number of rotatable bonds is 6. The summed E-state index contributed by atoms with van der Waals surface area (Å²) in [7, 11) is 0. The average Bonchev–Trinajstić information content (AvgIpc) is 2.86. The minimum absolute atomic E-state index is 0.228. The molecule has 0 amide bonds. The van der Waals surface area contributed by atoms with E-state index in [0.717, 1.165) is 16.8 Å². The highest BCUT2D eigenvalue weighted by molar-refractivity contribution is 5.76. The molecule has 0 unspecified atom stereocenters. The van der Waals surface area contributed by atoms with Crippen molar-refractivity contribution in [2.24, 2.45) is 0 Å². The zero-order valence-corrected chi connectivity index (χ0v) is 17.5. The van der Waals surface area contributed by atoms with Gasteiger partial charge >= 0.3 is 0 Å². The number of anilines is 1. The van der Waals surface area contributed by atoms with Gasteiger partial charge in [0, 0.05) is 30.7 Å². The second kappa shape index (κ2) is 8.96. The molecule has 0 saturated heterocycles. The largest absolute Gasteiger partial charge is 0.361 e. The van der Waals surface area contributed by atoms with E-state index in [1.165, 1.54) is 12.1 Å². The van der Waals surface area contributed by atoms with E-state index in [4.69, 9.17) is 4.98 Å². The Hall–Kier alpha value is -4.46. The normalized spacial score (nSPS) is 10.9. The van der Waals surface area contributed by atoms with Gasteiger partial charge in [-0.05, 0) is 66.2 Å². The van der Waals surface area contributed by atoms with E-state index < -0.39 is 0 Å². The summed E-state index contributed by atoms with van der Waals surface area (Å²) < 4.78 is 14.9. The van der Waals surface area contributed by atoms with Crippen LogP contribution in [-0.4, -0.2) is 24.5 Å². The zero-order valence-electron chi connectivity index (χ0n) is 17.5. The Labute approximate surface area is 188 Å². The van der Waals surface area contributed by atoms with Crippen molar-refractivity contribution in [1.82, 2.24) is 24.5 Å². The molecule has 0 spiro atoms. The molecule has 7 nitrogen and oxygen atoms in total. The second-order valence-corrected chi connectivity index (χ2v) is 7.43. The van der Waals surface area contributed by atoms with E-state index in [-0.39, 0.29) is 23.7 Å². The molecule has 33 heavy (non-hydrogen) atoms. The molecule has 0 aliphatic rings. The number of nitrogens with zero attached hydrogens (tertiary/aromatic N) is 5. The van der Waals surface area contributed by atoms with Crippen LogP contribution in [0.15, 0.2) is 90.1 Å². The maximum absolute atomic E-state index is 13.4. The summed E-state index contributed by atoms with van der Waals surface area (Å²) in [6, 6.07) is 19.0. The highest BCUT2D eigenvalue weighted by Gasteiger charge is 2.14. The standard InChI is InChI=1S/C25H19FN6O/c26-19-6-4-18(5-7-19)21-8-9-22-24(31-21)32(16-20-3-1-2-12-28-20)25(33)23(30-22)29-15-17-10-13-27-14-11-17/h1-14H,15-16H2,(H,29,30). The van der Waals surface area contributed by atoms with Gasteiger partial charge < -0.3 is 5.32 Å². The number of nitrogens with one attached hydrogen (secondary N) is 1. The summed E-state index contributed by atoms with van der Waals surface area (Å²) in [5.41, 5.74) is 3.76. The smallest absolute Gasteiger partial charge is 0.295 e. The number of aromatic nitrogens is 5. The lowest BCUT2D eigenvalue weighted by molar-refractivity contribution is 0.628. The van der Waals surface area contributed by atoms with E-state index in [9.17, 15) is 9.18 Å². The molecule has 0 atom stereocenters. The quantitative estimate of drug-likeness (QED) is 0.431. The van der Waals surface area contributed by atoms with E-state index in [1.807, 2.05) is 42.5 Å². The number of hydrogen-bond donors (Lipinski definition) is 1. The van der Waals surface area contributed by atoms with Crippen LogP contribution in [0.4, 0.5) is 10.2 Å². The molecule has 0 radical (unpaired) electrons. The van der Waals surface area contributed by atoms with E-state index >= 15 is 0 Å². The van der Waals surface area contributed by atoms with Crippen molar-refractivity contribution in [3.8, 4) is 11.3 Å². The molecule has 0 aliphatic carbocycles. The molecule has 4 heterocycles. The molecule has 0 saturated carbocycles. The van der Waals surface area contributed by atoms with Crippen LogP contribution in [0.5, 0.6) is 0 Å². The van der Waals surface area contributed by atoms with Crippen molar-refractivity contribution in [3.63, 3.8) is 0 Å². The Morgan fingerprint density at radius 1 is 0.879 bits per heavy atom. The van der Waals surface area contributed by atoms with Gasteiger partial charge in [-0.15, -0.1) is 0 Å². The molecule has 5 aromatic rings. The van der Waals surface area contributed by atoms with Crippen molar-refractivity contribution in [2.45, 2.75) is 13.1 Å². The molecule has 4 aromatic heterocycles. The molecular formula is C25H19FN6O. The third kappa shape index (κ3) is 4.45. The fraction of sp³-hybridized carbons (Fsp3) is 0.0800. The predicted octanol–water partition coefficient (Wildman–Crippen LogP) is 4.05. The molecule has 5 rings (SSSR count). The van der Waals surface area contributed by atoms with E-state index in [1.54, 1.807) is 35.3 Å². The minimum atomic E-state index is -0.321. The van der Waals surface area contributed by atoms with Crippen molar-refractivity contribution >= 4 is 17.0 Å². The monoisotopic (exact) mass is 438 g/mol. The van der Waals surface area contributed by atoms with Crippen LogP contribution in [0.2, 0.25) is 0 Å². The fourth-order valence-corrected chi connectivity index (χ4v) is 3.50. The first-order chi connectivity index (χ1) is 16.2.